The quantitative estimate of drug-likeness (QED) is 0.0486. The van der Waals surface area contributed by atoms with Crippen LogP contribution >= 0.6 is 31.9 Å². The zero-order chi connectivity index (χ0) is 59.3. The number of unbranched alkanes of at least 4 members (excludes halogenated alkanes) is 6. The Kier molecular flexibility index (Phi) is 17.0. The van der Waals surface area contributed by atoms with Crippen molar-refractivity contribution < 1.29 is 63.7 Å². The number of carbonyl (C=O) groups is 5. The number of ketones is 2. The lowest BCUT2D eigenvalue weighted by Crippen LogP contribution is -2.65. The molecule has 2 aromatic carbocycles. The van der Waals surface area contributed by atoms with Crippen molar-refractivity contribution in [2.24, 2.45) is 69.0 Å². The van der Waals surface area contributed by atoms with E-state index in [0.29, 0.717) is 52.2 Å². The van der Waals surface area contributed by atoms with E-state index in [2.05, 4.69) is 66.5 Å². The second-order valence-electron chi connectivity index (χ2n) is 26.6. The molecule has 0 saturated heterocycles. The van der Waals surface area contributed by atoms with Crippen LogP contribution in [0.3, 0.4) is 0 Å². The smallest absolute Gasteiger partial charge is 0.339 e. The van der Waals surface area contributed by atoms with Gasteiger partial charge in [-0.05, 0) is 163 Å². The van der Waals surface area contributed by atoms with Gasteiger partial charge in [0.25, 0.3) is 0 Å². The number of aliphatic hydroxyl groups excluding tert-OH is 3. The summed E-state index contributed by atoms with van der Waals surface area (Å²) in [7, 11) is 0. The predicted octanol–water partition coefficient (Wildman–Crippen LogP) is 11.2. The summed E-state index contributed by atoms with van der Waals surface area (Å²) < 4.78 is 19.4. The molecule has 440 valence electrons. The van der Waals surface area contributed by atoms with E-state index in [1.165, 1.54) is 19.3 Å². The number of fused-ring (bicyclic) bond motifs is 6. The fraction of sp³-hybridized carbons (Fsp3) is 0.621. The molecule has 8 aliphatic rings. The van der Waals surface area contributed by atoms with Crippen LogP contribution in [0.15, 0.2) is 91.9 Å². The van der Waals surface area contributed by atoms with Crippen molar-refractivity contribution in [3.05, 3.63) is 114 Å². The van der Waals surface area contributed by atoms with Crippen LogP contribution < -0.4 is 0 Å². The number of aryl methyl sites for hydroxylation is 2. The average molecular weight is 1250 g/mol. The van der Waals surface area contributed by atoms with Gasteiger partial charge in [-0.15, -0.1) is 0 Å². The van der Waals surface area contributed by atoms with Crippen LogP contribution in [0.5, 0.6) is 0 Å². The number of ether oxygens (including phenoxy) is 3. The molecule has 0 unspecified atom stereocenters. The third-order valence-corrected chi connectivity index (χ3v) is 22.2. The highest BCUT2D eigenvalue weighted by atomic mass is 79.9. The first kappa shape index (κ1) is 61.5. The van der Waals surface area contributed by atoms with Gasteiger partial charge < -0.3 is 39.7 Å². The van der Waals surface area contributed by atoms with Crippen molar-refractivity contribution in [2.75, 3.05) is 13.2 Å². The van der Waals surface area contributed by atoms with Gasteiger partial charge in [-0.1, -0.05) is 143 Å². The number of benzene rings is 2. The first-order chi connectivity index (χ1) is 38.0. The summed E-state index contributed by atoms with van der Waals surface area (Å²) in [6, 6.07) is 10.4. The first-order valence-corrected chi connectivity index (χ1v) is 31.0. The fourth-order valence-electron chi connectivity index (χ4n) is 16.7. The van der Waals surface area contributed by atoms with E-state index in [1.807, 2.05) is 19.9 Å². The molecule has 0 radical (unpaired) electrons. The van der Waals surface area contributed by atoms with Gasteiger partial charge in [0, 0.05) is 27.2 Å². The molecule has 4 saturated carbocycles. The minimum atomic E-state index is -2.18. The third kappa shape index (κ3) is 9.78. The molecule has 81 heavy (non-hydrogen) atoms. The topological polar surface area (TPSA) is 214 Å². The largest absolute Gasteiger partial charge is 0.461 e. The summed E-state index contributed by atoms with van der Waals surface area (Å²) in [4.78, 5) is 68.9. The number of carbonyl (C=O) groups excluding carboxylic acids is 5. The van der Waals surface area contributed by atoms with Gasteiger partial charge in [0.15, 0.2) is 35.0 Å². The molecule has 13 nitrogen and oxygen atoms in total. The molecule has 2 spiro atoms. The number of allylic oxidation sites excluding steroid dienone is 2. The third-order valence-electron chi connectivity index (χ3n) is 21.3. The Labute approximate surface area is 494 Å². The molecule has 5 N–H and O–H groups in total. The second-order valence-corrected chi connectivity index (χ2v) is 28.4. The summed E-state index contributed by atoms with van der Waals surface area (Å²) in [5.41, 5.74) is -3.74. The summed E-state index contributed by atoms with van der Waals surface area (Å²) in [6.45, 7) is 21.1. The standard InChI is InChI=1S/C38H51BrO7.C28H33BrO6/c1-7-8-9-10-11-12-13-14-30(40)45-21-25-19-28-31-29(36(31,5)6)18-24(4)37(33(28)42)20-23(3)34(38(37,44)32(25)41)46-35(43)27-16-15-26(39)17-22(27)2;1-13-8-17(29)6-7-18(13)25(33)35-24-14(2)11-27-15(3)9-20-21(26(20,4)5)19(23(27)32)10-16(12-30)22(31)28(24,27)34/h15-17,19-20,24,28-29,31-32,34,41,44H,7-14,18,21H2,1-6H3;6-8,10-11,15,19-22,24,30-31,34H,9,12H2,1-5H3/t24-,28+,29-,31+,32-,34+,37+,38+;15-,19+,20-,21+,22-,24+,27+,28+/m11/s1. The van der Waals surface area contributed by atoms with Crippen LogP contribution in [0.1, 0.15) is 158 Å². The Morgan fingerprint density at radius 1 is 0.630 bits per heavy atom. The lowest BCUT2D eigenvalue weighted by Gasteiger charge is -2.48. The highest BCUT2D eigenvalue weighted by Gasteiger charge is 2.78. The molecule has 0 amide bonds. The fourth-order valence-corrected chi connectivity index (χ4v) is 17.6. The normalized spacial score (nSPS) is 37.1. The Morgan fingerprint density at radius 3 is 1.46 bits per heavy atom. The van der Waals surface area contributed by atoms with Crippen LogP contribution in [0.25, 0.3) is 0 Å². The van der Waals surface area contributed by atoms with Crippen molar-refractivity contribution in [2.45, 2.75) is 176 Å². The van der Waals surface area contributed by atoms with Crippen LogP contribution in [0.4, 0.5) is 0 Å². The van der Waals surface area contributed by atoms with Crippen LogP contribution in [0.2, 0.25) is 0 Å². The van der Waals surface area contributed by atoms with E-state index < -0.39 is 76.8 Å². The first-order valence-electron chi connectivity index (χ1n) is 29.4. The van der Waals surface area contributed by atoms with Gasteiger partial charge in [-0.25, -0.2) is 9.59 Å². The molecule has 0 aromatic heterocycles. The molecule has 16 atom stereocenters. The lowest BCUT2D eigenvalue weighted by atomic mass is 9.59. The highest BCUT2D eigenvalue weighted by molar-refractivity contribution is 9.10. The van der Waals surface area contributed by atoms with Crippen molar-refractivity contribution in [3.63, 3.8) is 0 Å². The maximum absolute atomic E-state index is 14.8. The summed E-state index contributed by atoms with van der Waals surface area (Å²) in [5.74, 6) is -3.05. The number of esters is 3. The van der Waals surface area contributed by atoms with E-state index in [9.17, 15) is 49.5 Å². The van der Waals surface area contributed by atoms with E-state index in [-0.39, 0.29) is 82.1 Å². The molecular formula is C66H84Br2O13. The zero-order valence-corrected chi connectivity index (χ0v) is 52.1. The highest BCUT2D eigenvalue weighted by Crippen LogP contribution is 2.73. The van der Waals surface area contributed by atoms with Crippen molar-refractivity contribution in [1.29, 1.82) is 0 Å². The maximum atomic E-state index is 14.8. The molecule has 4 fully saturated rings. The molecule has 15 heteroatoms. The van der Waals surface area contributed by atoms with Gasteiger partial charge in [-0.3, -0.25) is 14.4 Å². The molecular weight excluding hydrogens is 1160 g/mol. The summed E-state index contributed by atoms with van der Waals surface area (Å²) >= 11 is 6.82. The van der Waals surface area contributed by atoms with E-state index in [4.69, 9.17) is 14.2 Å². The Balaban J connectivity index is 0.000000203. The Bertz CT molecular complexity index is 3010. The van der Waals surface area contributed by atoms with E-state index >= 15 is 0 Å². The van der Waals surface area contributed by atoms with Gasteiger partial charge in [0.1, 0.15) is 18.8 Å². The number of hydrogen-bond donors (Lipinski definition) is 5. The molecule has 8 aliphatic carbocycles. The summed E-state index contributed by atoms with van der Waals surface area (Å²) in [6.07, 6.45) is 10.5. The monoisotopic (exact) mass is 1240 g/mol. The van der Waals surface area contributed by atoms with Gasteiger partial charge in [0.2, 0.25) is 0 Å². The number of halogens is 2. The molecule has 0 heterocycles. The van der Waals surface area contributed by atoms with Crippen molar-refractivity contribution in [1.82, 2.24) is 0 Å². The van der Waals surface area contributed by atoms with Gasteiger partial charge >= 0.3 is 17.9 Å². The van der Waals surface area contributed by atoms with Crippen molar-refractivity contribution >= 4 is 61.3 Å². The SMILES string of the molecule is CC1=C[C@]23C(=O)[C@@H](C=C(CO)[C@@H](O)[C@]2(O)[C@H]1OC(=O)c1ccc(Br)cc1C)[C@H]1[C@@H](C[C@H]3C)C1(C)C.CCCCCCCCCC(=O)OCC1=C[C@@H]2C(=O)[C@]3(C=C(C)[C@H](OC(=O)c4ccc(Br)cc4C)[C@@]3(O)[C@@H]1O)[C@H](C)C[C@@H]1[C@H]2C1(C)C. The van der Waals surface area contributed by atoms with Crippen molar-refractivity contribution in [3.8, 4) is 0 Å². The van der Waals surface area contributed by atoms with E-state index in [0.717, 1.165) is 34.6 Å². The lowest BCUT2D eigenvalue weighted by molar-refractivity contribution is -0.191. The van der Waals surface area contributed by atoms with Crippen LogP contribution in [-0.4, -0.2) is 104 Å². The van der Waals surface area contributed by atoms with Crippen LogP contribution in [0, 0.1) is 82.9 Å². The number of hydrogen-bond acceptors (Lipinski definition) is 13. The molecule has 2 aromatic rings. The zero-order valence-electron chi connectivity index (χ0n) is 48.9. The number of rotatable bonds is 15. The maximum Gasteiger partial charge on any atom is 0.339 e. The molecule has 4 bridgehead atoms. The molecule has 10 rings (SSSR count). The number of Topliss-reactive ketones (excluding diaryl/α,β-unsaturated/α-hetero) is 2. The second kappa shape index (κ2) is 22.4. The summed E-state index contributed by atoms with van der Waals surface area (Å²) in [5, 5.41) is 59.3. The van der Waals surface area contributed by atoms with Gasteiger partial charge in [-0.2, -0.15) is 0 Å². The minimum absolute atomic E-state index is 0.0375. The predicted molar refractivity (Wildman–Crippen MR) is 313 cm³/mol. The van der Waals surface area contributed by atoms with Crippen LogP contribution in [-0.2, 0) is 28.6 Å². The average Bonchev–Trinajstić information content (AvgIpc) is 2.46. The molecule has 0 aliphatic heterocycles. The number of aliphatic hydroxyl groups is 5. The minimum Gasteiger partial charge on any atom is -0.461 e. The Hall–Kier alpha value is -4.09. The van der Waals surface area contributed by atoms with E-state index in [1.54, 1.807) is 82.3 Å². The Morgan fingerprint density at radius 2 is 1.04 bits per heavy atom. The van der Waals surface area contributed by atoms with Gasteiger partial charge in [0.05, 0.1) is 28.6 Å².